The van der Waals surface area contributed by atoms with Crippen LogP contribution in [-0.4, -0.2) is 22.2 Å². The second kappa shape index (κ2) is 4.07. The van der Waals surface area contributed by atoms with Crippen LogP contribution in [-0.2, 0) is 6.54 Å². The molecule has 0 saturated heterocycles. The monoisotopic (exact) mass is 181 g/mol. The third kappa shape index (κ3) is 2.08. The first kappa shape index (κ1) is 9.77. The largest absolute Gasteiger partial charge is 0.352 e. The molecule has 0 aliphatic rings. The molecule has 1 N–H and O–H groups in total. The van der Waals surface area contributed by atoms with E-state index in [4.69, 9.17) is 0 Å². The molecule has 1 aromatic rings. The second-order valence-corrected chi connectivity index (χ2v) is 2.84. The highest BCUT2D eigenvalue weighted by Crippen LogP contribution is 2.04. The van der Waals surface area contributed by atoms with Crippen LogP contribution >= 0.6 is 0 Å². The third-order valence-electron chi connectivity index (χ3n) is 1.85. The molecule has 0 spiro atoms. The van der Waals surface area contributed by atoms with Crippen molar-refractivity contribution in [3.05, 3.63) is 17.5 Å². The lowest BCUT2D eigenvalue weighted by molar-refractivity contribution is 0.0955. The van der Waals surface area contributed by atoms with Gasteiger partial charge in [0.1, 0.15) is 0 Å². The number of carbonyl (C=O) groups excluding carboxylic acids is 1. The molecule has 0 aromatic carbocycles. The maximum Gasteiger partial charge on any atom is 0.254 e. The molecule has 1 heterocycles. The maximum atomic E-state index is 11.4. The molecule has 0 unspecified atom stereocenters. The van der Waals surface area contributed by atoms with Gasteiger partial charge in [0, 0.05) is 19.3 Å². The van der Waals surface area contributed by atoms with Gasteiger partial charge in [-0.3, -0.25) is 9.48 Å². The highest BCUT2D eigenvalue weighted by molar-refractivity contribution is 5.94. The molecule has 0 atom stereocenters. The van der Waals surface area contributed by atoms with Crippen molar-refractivity contribution >= 4 is 5.91 Å². The van der Waals surface area contributed by atoms with E-state index in [2.05, 4.69) is 10.4 Å². The minimum atomic E-state index is -0.0419. The Labute approximate surface area is 77.9 Å². The topological polar surface area (TPSA) is 46.9 Å². The summed E-state index contributed by atoms with van der Waals surface area (Å²) in [6.07, 6.45) is 1.78. The Morgan fingerprint density at radius 3 is 2.77 bits per heavy atom. The minimum Gasteiger partial charge on any atom is -0.352 e. The quantitative estimate of drug-likeness (QED) is 0.755. The zero-order valence-electron chi connectivity index (χ0n) is 8.29. The van der Waals surface area contributed by atoms with Gasteiger partial charge in [0.15, 0.2) is 0 Å². The molecule has 1 rings (SSSR count). The maximum absolute atomic E-state index is 11.4. The molecule has 1 amide bonds. The predicted octanol–water partition coefficient (Wildman–Crippen LogP) is 0.961. The highest BCUT2D eigenvalue weighted by atomic mass is 16.1. The van der Waals surface area contributed by atoms with Gasteiger partial charge in [-0.05, 0) is 20.8 Å². The molecule has 4 heteroatoms. The summed E-state index contributed by atoms with van der Waals surface area (Å²) in [4.78, 5) is 11.4. The number of aryl methyl sites for hydroxylation is 2. The smallest absolute Gasteiger partial charge is 0.254 e. The number of nitrogens with zero attached hydrogens (tertiary/aromatic N) is 2. The van der Waals surface area contributed by atoms with Gasteiger partial charge in [-0.15, -0.1) is 0 Å². The molecule has 0 aliphatic heterocycles. The number of hydrogen-bond acceptors (Lipinski definition) is 2. The molecule has 0 radical (unpaired) electrons. The molecule has 72 valence electrons. The van der Waals surface area contributed by atoms with Gasteiger partial charge < -0.3 is 5.32 Å². The number of carbonyl (C=O) groups is 1. The van der Waals surface area contributed by atoms with Crippen LogP contribution in [0.15, 0.2) is 6.20 Å². The third-order valence-corrected chi connectivity index (χ3v) is 1.85. The van der Waals surface area contributed by atoms with Crippen molar-refractivity contribution in [1.29, 1.82) is 0 Å². The summed E-state index contributed by atoms with van der Waals surface area (Å²) in [5.41, 5.74) is 1.46. The van der Waals surface area contributed by atoms with E-state index in [1.165, 1.54) is 0 Å². The Hall–Kier alpha value is -1.32. The fourth-order valence-corrected chi connectivity index (χ4v) is 1.16. The lowest BCUT2D eigenvalue weighted by Crippen LogP contribution is -2.22. The summed E-state index contributed by atoms with van der Waals surface area (Å²) in [5.74, 6) is -0.0419. The molecule has 0 fully saturated rings. The lowest BCUT2D eigenvalue weighted by Gasteiger charge is -1.98. The Morgan fingerprint density at radius 1 is 1.62 bits per heavy atom. The zero-order valence-corrected chi connectivity index (χ0v) is 8.29. The zero-order chi connectivity index (χ0) is 9.84. The number of hydrogen-bond donors (Lipinski definition) is 1. The van der Waals surface area contributed by atoms with Crippen LogP contribution in [0.3, 0.4) is 0 Å². The normalized spacial score (nSPS) is 10.1. The van der Waals surface area contributed by atoms with Crippen molar-refractivity contribution in [2.45, 2.75) is 27.3 Å². The Balaban J connectivity index is 2.87. The fourth-order valence-electron chi connectivity index (χ4n) is 1.16. The van der Waals surface area contributed by atoms with Crippen molar-refractivity contribution in [3.63, 3.8) is 0 Å². The lowest BCUT2D eigenvalue weighted by atomic mass is 10.2. The summed E-state index contributed by atoms with van der Waals surface area (Å²) in [6, 6.07) is 0. The van der Waals surface area contributed by atoms with Gasteiger partial charge in [-0.2, -0.15) is 5.10 Å². The average molecular weight is 181 g/mol. The SMILES string of the molecule is CCNC(=O)c1cn(CC)nc1C. The van der Waals surface area contributed by atoms with E-state index in [1.807, 2.05) is 20.8 Å². The molecule has 1 aromatic heterocycles. The van der Waals surface area contributed by atoms with E-state index in [9.17, 15) is 4.79 Å². The van der Waals surface area contributed by atoms with Crippen LogP contribution in [0.2, 0.25) is 0 Å². The summed E-state index contributed by atoms with van der Waals surface area (Å²) in [6.45, 7) is 7.18. The fraction of sp³-hybridized carbons (Fsp3) is 0.556. The van der Waals surface area contributed by atoms with Crippen LogP contribution in [0.1, 0.15) is 29.9 Å². The number of rotatable bonds is 3. The highest BCUT2D eigenvalue weighted by Gasteiger charge is 2.11. The van der Waals surface area contributed by atoms with Gasteiger partial charge in [0.2, 0.25) is 0 Å². The first-order valence-corrected chi connectivity index (χ1v) is 4.51. The molecule has 0 aliphatic carbocycles. The summed E-state index contributed by atoms with van der Waals surface area (Å²) in [7, 11) is 0. The van der Waals surface area contributed by atoms with Gasteiger partial charge in [-0.1, -0.05) is 0 Å². The Morgan fingerprint density at radius 2 is 2.31 bits per heavy atom. The Bertz CT molecular complexity index is 304. The van der Waals surface area contributed by atoms with Crippen LogP contribution < -0.4 is 5.32 Å². The number of amides is 1. The van der Waals surface area contributed by atoms with Crippen molar-refractivity contribution in [1.82, 2.24) is 15.1 Å². The van der Waals surface area contributed by atoms with Crippen molar-refractivity contribution < 1.29 is 4.79 Å². The molecule has 4 nitrogen and oxygen atoms in total. The number of aromatic nitrogens is 2. The molecule has 0 saturated carbocycles. The minimum absolute atomic E-state index is 0.0419. The van der Waals surface area contributed by atoms with Gasteiger partial charge in [-0.25, -0.2) is 0 Å². The van der Waals surface area contributed by atoms with E-state index >= 15 is 0 Å². The first-order valence-electron chi connectivity index (χ1n) is 4.51. The standard InChI is InChI=1S/C9H15N3O/c1-4-10-9(13)8-6-12(5-2)11-7(8)3/h6H,4-5H2,1-3H3,(H,10,13). The Kier molecular flexibility index (Phi) is 3.06. The summed E-state index contributed by atoms with van der Waals surface area (Å²) >= 11 is 0. The van der Waals surface area contributed by atoms with Crippen LogP contribution in [0, 0.1) is 6.92 Å². The predicted molar refractivity (Wildman–Crippen MR) is 50.6 cm³/mol. The first-order chi connectivity index (χ1) is 6.19. The van der Waals surface area contributed by atoms with E-state index < -0.39 is 0 Å². The molecular formula is C9H15N3O. The van der Waals surface area contributed by atoms with Gasteiger partial charge in [0.25, 0.3) is 5.91 Å². The van der Waals surface area contributed by atoms with Crippen LogP contribution in [0.4, 0.5) is 0 Å². The second-order valence-electron chi connectivity index (χ2n) is 2.84. The van der Waals surface area contributed by atoms with Crippen molar-refractivity contribution in [2.24, 2.45) is 0 Å². The number of nitrogens with one attached hydrogen (secondary N) is 1. The van der Waals surface area contributed by atoms with Gasteiger partial charge in [0.05, 0.1) is 11.3 Å². The van der Waals surface area contributed by atoms with E-state index in [1.54, 1.807) is 10.9 Å². The van der Waals surface area contributed by atoms with E-state index in [0.717, 1.165) is 12.2 Å². The molecule has 13 heavy (non-hydrogen) atoms. The average Bonchev–Trinajstić information content (AvgIpc) is 2.47. The van der Waals surface area contributed by atoms with Crippen molar-refractivity contribution in [2.75, 3.05) is 6.54 Å². The summed E-state index contributed by atoms with van der Waals surface area (Å²) < 4.78 is 1.76. The molecule has 0 bridgehead atoms. The van der Waals surface area contributed by atoms with Gasteiger partial charge >= 0.3 is 0 Å². The van der Waals surface area contributed by atoms with Crippen molar-refractivity contribution in [3.8, 4) is 0 Å². The molecular weight excluding hydrogens is 166 g/mol. The van der Waals surface area contributed by atoms with E-state index in [-0.39, 0.29) is 5.91 Å². The van der Waals surface area contributed by atoms with Crippen LogP contribution in [0.5, 0.6) is 0 Å². The van der Waals surface area contributed by atoms with E-state index in [0.29, 0.717) is 12.1 Å². The van der Waals surface area contributed by atoms with Crippen LogP contribution in [0.25, 0.3) is 0 Å². The summed E-state index contributed by atoms with van der Waals surface area (Å²) in [5, 5.41) is 6.94.